The van der Waals surface area contributed by atoms with Crippen molar-refractivity contribution >= 4 is 33.5 Å². The second-order valence-electron chi connectivity index (χ2n) is 9.52. The number of aromatic nitrogens is 2. The van der Waals surface area contributed by atoms with Gasteiger partial charge >= 0.3 is 5.97 Å². The predicted molar refractivity (Wildman–Crippen MR) is 155 cm³/mol. The Hall–Kier alpha value is -4.37. The molecule has 0 fully saturated rings. The molecule has 41 heavy (non-hydrogen) atoms. The van der Waals surface area contributed by atoms with Crippen molar-refractivity contribution in [2.24, 2.45) is 0 Å². The third kappa shape index (κ3) is 5.76. The molecule has 2 heterocycles. The van der Waals surface area contributed by atoms with Crippen molar-refractivity contribution in [3.05, 3.63) is 115 Å². The number of carbonyl (C=O) groups excluding carboxylic acids is 3. The summed E-state index contributed by atoms with van der Waals surface area (Å²) >= 11 is 3.42. The summed E-state index contributed by atoms with van der Waals surface area (Å²) in [6.07, 6.45) is 2.92. The zero-order valence-electron chi connectivity index (χ0n) is 22.8. The quantitative estimate of drug-likeness (QED) is 0.283. The number of carbonyl (C=O) groups is 3. The van der Waals surface area contributed by atoms with E-state index < -0.39 is 5.97 Å². The molecule has 0 N–H and O–H groups in total. The molecular weight excluding hydrogens is 588 g/mol. The van der Waals surface area contributed by atoms with Crippen LogP contribution in [0.25, 0.3) is 0 Å². The van der Waals surface area contributed by atoms with E-state index in [0.717, 1.165) is 45.4 Å². The van der Waals surface area contributed by atoms with E-state index in [1.165, 1.54) is 7.11 Å². The summed E-state index contributed by atoms with van der Waals surface area (Å²) in [7, 11) is 4.45. The van der Waals surface area contributed by atoms with Crippen molar-refractivity contribution in [3.63, 3.8) is 0 Å². The molecule has 0 unspecified atom stereocenters. The Morgan fingerprint density at radius 3 is 1.68 bits per heavy atom. The Labute approximate surface area is 245 Å². The lowest BCUT2D eigenvalue weighted by atomic mass is 9.97. The smallest absolute Gasteiger partial charge is 0.337 e. The van der Waals surface area contributed by atoms with Gasteiger partial charge in [-0.1, -0.05) is 28.1 Å². The van der Waals surface area contributed by atoms with Crippen LogP contribution in [-0.4, -0.2) is 48.8 Å². The number of halogens is 1. The predicted octanol–water partition coefficient (Wildman–Crippen LogP) is 5.39. The molecule has 0 radical (unpaired) electrons. The second-order valence-corrected chi connectivity index (χ2v) is 10.4. The zero-order valence-corrected chi connectivity index (χ0v) is 24.4. The number of rotatable bonds is 3. The van der Waals surface area contributed by atoms with Gasteiger partial charge in [-0.3, -0.25) is 9.59 Å². The molecule has 2 aliphatic carbocycles. The highest BCUT2D eigenvalue weighted by molar-refractivity contribution is 9.10. The molecule has 0 bridgehead atoms. The van der Waals surface area contributed by atoms with Crippen molar-refractivity contribution in [1.29, 1.82) is 0 Å². The van der Waals surface area contributed by atoms with Gasteiger partial charge in [0.2, 0.25) is 11.8 Å². The number of nitrogens with zero attached hydrogens (tertiary/aromatic N) is 2. The number of benzene rings is 2. The van der Waals surface area contributed by atoms with E-state index in [4.69, 9.17) is 14.2 Å². The highest BCUT2D eigenvalue weighted by Gasteiger charge is 2.24. The molecule has 2 aromatic heterocycles. The minimum atomic E-state index is -0.451. The van der Waals surface area contributed by atoms with Crippen LogP contribution in [0, 0.1) is 0 Å². The van der Waals surface area contributed by atoms with Crippen LogP contribution >= 0.6 is 15.9 Å². The first-order chi connectivity index (χ1) is 19.8. The van der Waals surface area contributed by atoms with Gasteiger partial charge < -0.3 is 14.2 Å². The molecule has 6 rings (SSSR count). The summed E-state index contributed by atoms with van der Waals surface area (Å²) in [6.45, 7) is 0. The summed E-state index contributed by atoms with van der Waals surface area (Å²) in [4.78, 5) is 45.8. The van der Waals surface area contributed by atoms with Gasteiger partial charge in [-0.15, -0.1) is 0 Å². The number of ether oxygens (including phenoxy) is 3. The molecule has 0 atom stereocenters. The number of ketones is 2. The summed E-state index contributed by atoms with van der Waals surface area (Å²) in [5, 5.41) is 0. The van der Waals surface area contributed by atoms with Crippen molar-refractivity contribution < 1.29 is 28.6 Å². The molecule has 4 aromatic rings. The van der Waals surface area contributed by atoms with Gasteiger partial charge in [-0.25, -0.2) is 14.8 Å². The largest absolute Gasteiger partial charge is 0.481 e. The van der Waals surface area contributed by atoms with Crippen LogP contribution < -0.4 is 9.47 Å². The highest BCUT2D eigenvalue weighted by atomic mass is 79.9. The number of esters is 1. The lowest BCUT2D eigenvalue weighted by Gasteiger charge is -2.07. The standard InChI is InChI=1S/C17H15NO4.C15H12BrNO2/c1-21-15-8-6-12-14(18-15)7-5-10-3-4-11(17(20)22-2)9-13(10)16(12)19;1-19-14-7-5-11-13(17-14)6-3-9-2-4-10(16)8-12(9)15(11)18/h3-4,6,8-9H,5,7H2,1-2H3;2,4-5,7-8H,3,6H2,1H3. The normalized spacial score (nSPS) is 13.2. The fourth-order valence-corrected chi connectivity index (χ4v) is 5.37. The summed E-state index contributed by atoms with van der Waals surface area (Å²) in [5.41, 5.74) is 6.43. The maximum absolute atomic E-state index is 12.8. The van der Waals surface area contributed by atoms with Crippen molar-refractivity contribution in [2.45, 2.75) is 25.7 Å². The number of hydrogen-bond donors (Lipinski definition) is 0. The Morgan fingerprint density at radius 2 is 1.17 bits per heavy atom. The minimum Gasteiger partial charge on any atom is -0.481 e. The maximum Gasteiger partial charge on any atom is 0.337 e. The van der Waals surface area contributed by atoms with Crippen LogP contribution in [0.4, 0.5) is 0 Å². The maximum atomic E-state index is 12.8. The second kappa shape index (κ2) is 12.0. The van der Waals surface area contributed by atoms with Crippen LogP contribution in [0.3, 0.4) is 0 Å². The van der Waals surface area contributed by atoms with Crippen LogP contribution in [-0.2, 0) is 30.4 Å². The molecule has 2 aliphatic rings. The van der Waals surface area contributed by atoms with Gasteiger partial charge in [0.25, 0.3) is 0 Å². The monoisotopic (exact) mass is 614 g/mol. The Balaban J connectivity index is 0.000000166. The van der Waals surface area contributed by atoms with Crippen LogP contribution in [0.15, 0.2) is 65.1 Å². The molecule has 0 spiro atoms. The first-order valence-electron chi connectivity index (χ1n) is 13.0. The third-order valence-corrected chi connectivity index (χ3v) is 7.65. The lowest BCUT2D eigenvalue weighted by molar-refractivity contribution is 0.0600. The molecule has 0 saturated heterocycles. The molecule has 0 saturated carbocycles. The number of fused-ring (bicyclic) bond motifs is 4. The molecule has 208 valence electrons. The topological polar surface area (TPSA) is 105 Å². The first kappa shape index (κ1) is 28.2. The Morgan fingerprint density at radius 1 is 0.659 bits per heavy atom. The summed E-state index contributed by atoms with van der Waals surface area (Å²) in [5.74, 6) is 0.515. The van der Waals surface area contributed by atoms with E-state index in [9.17, 15) is 14.4 Å². The zero-order chi connectivity index (χ0) is 29.1. The first-order valence-corrected chi connectivity index (χ1v) is 13.8. The molecule has 0 aliphatic heterocycles. The van der Waals surface area contributed by atoms with Crippen molar-refractivity contribution in [2.75, 3.05) is 21.3 Å². The van der Waals surface area contributed by atoms with E-state index in [1.54, 1.807) is 50.6 Å². The van der Waals surface area contributed by atoms with E-state index in [-0.39, 0.29) is 11.6 Å². The van der Waals surface area contributed by atoms with Crippen LogP contribution in [0.5, 0.6) is 11.8 Å². The van der Waals surface area contributed by atoms with E-state index >= 15 is 0 Å². The SMILES string of the molecule is COC(=O)c1ccc2c(c1)C(=O)c1ccc(OC)nc1CC2.COc1ccc2c(n1)CCc1ccc(Br)cc1C2=O. The van der Waals surface area contributed by atoms with E-state index in [2.05, 4.69) is 25.9 Å². The average Bonchev–Trinajstić information content (AvgIpc) is 3.23. The Bertz CT molecular complexity index is 1680. The fraction of sp³-hybridized carbons (Fsp3) is 0.219. The molecule has 0 amide bonds. The highest BCUT2D eigenvalue weighted by Crippen LogP contribution is 2.28. The van der Waals surface area contributed by atoms with Gasteiger partial charge in [0.05, 0.1) is 38.3 Å². The number of aryl methyl sites for hydroxylation is 4. The minimum absolute atomic E-state index is 0.0407. The van der Waals surface area contributed by atoms with Crippen molar-refractivity contribution in [1.82, 2.24) is 9.97 Å². The van der Waals surface area contributed by atoms with Crippen LogP contribution in [0.1, 0.15) is 64.7 Å². The average molecular weight is 615 g/mol. The van der Waals surface area contributed by atoms with Gasteiger partial charge in [0, 0.05) is 38.9 Å². The lowest BCUT2D eigenvalue weighted by Crippen LogP contribution is -2.08. The summed E-state index contributed by atoms with van der Waals surface area (Å²) in [6, 6.07) is 17.9. The molecule has 2 aromatic carbocycles. The van der Waals surface area contributed by atoms with Gasteiger partial charge in [0.1, 0.15) is 0 Å². The fourth-order valence-electron chi connectivity index (χ4n) is 5.01. The van der Waals surface area contributed by atoms with Crippen molar-refractivity contribution in [3.8, 4) is 11.8 Å². The van der Waals surface area contributed by atoms with Gasteiger partial charge in [0.15, 0.2) is 11.6 Å². The van der Waals surface area contributed by atoms with E-state index in [0.29, 0.717) is 46.9 Å². The molecule has 9 heteroatoms. The van der Waals surface area contributed by atoms with Crippen LogP contribution in [0.2, 0.25) is 0 Å². The third-order valence-electron chi connectivity index (χ3n) is 7.16. The number of methoxy groups -OCH3 is 3. The molecule has 8 nitrogen and oxygen atoms in total. The number of hydrogen-bond acceptors (Lipinski definition) is 8. The summed E-state index contributed by atoms with van der Waals surface area (Å²) < 4.78 is 15.9. The van der Waals surface area contributed by atoms with Gasteiger partial charge in [-0.05, 0) is 73.2 Å². The van der Waals surface area contributed by atoms with E-state index in [1.807, 2.05) is 24.3 Å². The molecular formula is C32H27BrN2O6. The van der Waals surface area contributed by atoms with Gasteiger partial charge in [-0.2, -0.15) is 0 Å². The Kier molecular flexibility index (Phi) is 8.26. The number of pyridine rings is 2.